The molecule has 0 aliphatic heterocycles. The highest BCUT2D eigenvalue weighted by atomic mass is 35.5. The lowest BCUT2D eigenvalue weighted by Crippen LogP contribution is -1.86. The fourth-order valence-electron chi connectivity index (χ4n) is 1.55. The van der Waals surface area contributed by atoms with Gasteiger partial charge in [-0.05, 0) is 36.2 Å². The molecule has 3 nitrogen and oxygen atoms in total. The Morgan fingerprint density at radius 3 is 2.19 bits per heavy atom. The van der Waals surface area contributed by atoms with Crippen LogP contribution in [-0.2, 0) is 0 Å². The van der Waals surface area contributed by atoms with Crippen molar-refractivity contribution in [2.45, 2.75) is 6.92 Å². The molecule has 0 saturated carbocycles. The largest absolute Gasteiger partial charge is 0.446 e. The van der Waals surface area contributed by atoms with Crippen molar-refractivity contribution in [2.75, 3.05) is 0 Å². The second-order valence-electron chi connectivity index (χ2n) is 3.36. The van der Waals surface area contributed by atoms with Crippen molar-refractivity contribution >= 4 is 44.5 Å². The van der Waals surface area contributed by atoms with Crippen LogP contribution in [0.1, 0.15) is 26.7 Å². The van der Waals surface area contributed by atoms with Crippen molar-refractivity contribution in [3.8, 4) is 0 Å². The van der Waals surface area contributed by atoms with Gasteiger partial charge in [0.1, 0.15) is 0 Å². The van der Waals surface area contributed by atoms with Gasteiger partial charge in [0, 0.05) is 10.8 Å². The van der Waals surface area contributed by atoms with Crippen LogP contribution in [0.5, 0.6) is 0 Å². The quantitative estimate of drug-likeness (QED) is 0.773. The predicted octanol–water partition coefficient (Wildman–Crippen LogP) is 3.50. The lowest BCUT2D eigenvalue weighted by molar-refractivity contribution is 0.103. The van der Waals surface area contributed by atoms with Crippen molar-refractivity contribution in [2.24, 2.45) is 0 Å². The molecule has 5 heteroatoms. The van der Waals surface area contributed by atoms with Crippen LogP contribution in [0.4, 0.5) is 0 Å². The van der Waals surface area contributed by atoms with Crippen LogP contribution in [0.2, 0.25) is 0 Å². The van der Waals surface area contributed by atoms with Crippen LogP contribution in [0.25, 0.3) is 10.8 Å². The van der Waals surface area contributed by atoms with E-state index in [2.05, 4.69) is 0 Å². The Morgan fingerprint density at radius 1 is 1.06 bits per heavy atom. The normalized spacial score (nSPS) is 10.7. The Bertz CT molecular complexity index is 599. The number of rotatable bonds is 2. The number of furan rings is 1. The van der Waals surface area contributed by atoms with E-state index < -0.39 is 10.5 Å². The van der Waals surface area contributed by atoms with Crippen LogP contribution in [0.15, 0.2) is 22.6 Å². The predicted molar refractivity (Wildman–Crippen MR) is 61.3 cm³/mol. The molecule has 0 bridgehead atoms. The maximum atomic E-state index is 11.1. The number of carbonyl (C=O) groups excluding carboxylic acids is 2. The van der Waals surface area contributed by atoms with E-state index >= 15 is 0 Å². The molecule has 0 aliphatic carbocycles. The molecule has 0 spiro atoms. The van der Waals surface area contributed by atoms with E-state index in [1.54, 1.807) is 18.2 Å². The van der Waals surface area contributed by atoms with Crippen molar-refractivity contribution in [1.29, 1.82) is 0 Å². The second kappa shape index (κ2) is 3.92. The molecule has 0 aliphatic rings. The summed E-state index contributed by atoms with van der Waals surface area (Å²) in [7, 11) is 0. The molecule has 0 radical (unpaired) electrons. The molecule has 0 saturated heterocycles. The van der Waals surface area contributed by atoms with Crippen molar-refractivity contribution in [3.05, 3.63) is 35.3 Å². The number of benzene rings is 1. The van der Waals surface area contributed by atoms with Gasteiger partial charge in [-0.1, -0.05) is 17.7 Å². The summed E-state index contributed by atoms with van der Waals surface area (Å²) in [5.41, 5.74) is 0.932. The van der Waals surface area contributed by atoms with Gasteiger partial charge in [-0.3, -0.25) is 9.59 Å². The van der Waals surface area contributed by atoms with Gasteiger partial charge in [-0.2, -0.15) is 0 Å². The van der Waals surface area contributed by atoms with Crippen molar-refractivity contribution < 1.29 is 14.0 Å². The number of aryl methyl sites for hydroxylation is 1. The number of carbonyl (C=O) groups is 2. The van der Waals surface area contributed by atoms with Gasteiger partial charge in [-0.25, -0.2) is 0 Å². The van der Waals surface area contributed by atoms with E-state index in [0.717, 1.165) is 5.56 Å². The van der Waals surface area contributed by atoms with E-state index in [4.69, 9.17) is 27.6 Å². The van der Waals surface area contributed by atoms with Gasteiger partial charge in [0.05, 0.1) is 0 Å². The van der Waals surface area contributed by atoms with Crippen molar-refractivity contribution in [1.82, 2.24) is 0 Å². The summed E-state index contributed by atoms with van der Waals surface area (Å²) in [5, 5.41) is -0.503. The number of fused-ring (bicyclic) bond motifs is 1. The van der Waals surface area contributed by atoms with Crippen molar-refractivity contribution in [3.63, 3.8) is 0 Å². The zero-order chi connectivity index (χ0) is 11.9. The summed E-state index contributed by atoms with van der Waals surface area (Å²) in [6, 6.07) is 5.19. The first-order valence-corrected chi connectivity index (χ1v) is 5.19. The van der Waals surface area contributed by atoms with E-state index in [1.165, 1.54) is 0 Å². The monoisotopic (exact) mass is 256 g/mol. The average molecular weight is 257 g/mol. The lowest BCUT2D eigenvalue weighted by atomic mass is 10.1. The van der Waals surface area contributed by atoms with Gasteiger partial charge < -0.3 is 4.42 Å². The number of halogens is 2. The van der Waals surface area contributed by atoms with E-state index in [-0.39, 0.29) is 11.5 Å². The van der Waals surface area contributed by atoms with Crippen LogP contribution < -0.4 is 0 Å². The Kier molecular flexibility index (Phi) is 2.74. The summed E-state index contributed by atoms with van der Waals surface area (Å²) >= 11 is 10.7. The summed E-state index contributed by atoms with van der Waals surface area (Å²) in [4.78, 5) is 22.2. The second-order valence-corrected chi connectivity index (χ2v) is 4.04. The Balaban J connectivity index is 2.87. The highest BCUT2D eigenvalue weighted by Crippen LogP contribution is 2.29. The molecule has 0 atom stereocenters. The molecule has 0 N–H and O–H groups in total. The van der Waals surface area contributed by atoms with Gasteiger partial charge in [-0.15, -0.1) is 0 Å². The molecule has 0 fully saturated rings. The molecule has 82 valence electrons. The average Bonchev–Trinajstić information content (AvgIpc) is 2.56. The molecule has 16 heavy (non-hydrogen) atoms. The third kappa shape index (κ3) is 1.72. The SMILES string of the molecule is Cc1ccc2c(C(=O)Cl)oc(C(=O)Cl)c2c1. The smallest absolute Gasteiger partial charge is 0.288 e. The standard InChI is InChI=1S/C11H6Cl2O3/c1-5-2-3-6-7(4-5)9(11(13)15)16-8(6)10(12)14/h2-4H,1H3. The van der Waals surface area contributed by atoms with Gasteiger partial charge >= 0.3 is 0 Å². The lowest BCUT2D eigenvalue weighted by Gasteiger charge is -1.93. The maximum absolute atomic E-state index is 11.1. The minimum Gasteiger partial charge on any atom is -0.446 e. The van der Waals surface area contributed by atoms with Gasteiger partial charge in [0.2, 0.25) is 0 Å². The van der Waals surface area contributed by atoms with Crippen LogP contribution in [0, 0.1) is 6.92 Å². The first-order chi connectivity index (χ1) is 7.50. The summed E-state index contributed by atoms with van der Waals surface area (Å²) in [6.45, 7) is 1.86. The number of hydrogen-bond acceptors (Lipinski definition) is 3. The Labute approximate surface area is 101 Å². The third-order valence-electron chi connectivity index (χ3n) is 2.23. The number of hydrogen-bond donors (Lipinski definition) is 0. The summed E-state index contributed by atoms with van der Waals surface area (Å²) in [6.07, 6.45) is 0. The minimum atomic E-state index is -0.752. The topological polar surface area (TPSA) is 47.3 Å². The minimum absolute atomic E-state index is 0.0515. The van der Waals surface area contributed by atoms with Crippen LogP contribution in [0.3, 0.4) is 0 Å². The molecule has 1 aromatic carbocycles. The van der Waals surface area contributed by atoms with Crippen LogP contribution >= 0.6 is 23.2 Å². The molecular formula is C11H6Cl2O3. The van der Waals surface area contributed by atoms with E-state index in [0.29, 0.717) is 10.8 Å². The third-order valence-corrected chi connectivity index (χ3v) is 2.57. The molecule has 0 unspecified atom stereocenters. The first-order valence-electron chi connectivity index (χ1n) is 4.43. The zero-order valence-corrected chi connectivity index (χ0v) is 9.72. The first kappa shape index (κ1) is 11.2. The fraction of sp³-hybridized carbons (Fsp3) is 0.0909. The summed E-state index contributed by atoms with van der Waals surface area (Å²) < 4.78 is 5.08. The summed E-state index contributed by atoms with van der Waals surface area (Å²) in [5.74, 6) is -0.106. The molecule has 0 amide bonds. The Hall–Kier alpha value is -1.32. The molecule has 2 rings (SSSR count). The van der Waals surface area contributed by atoms with E-state index in [1.807, 2.05) is 6.92 Å². The van der Waals surface area contributed by atoms with Crippen LogP contribution in [-0.4, -0.2) is 10.5 Å². The highest BCUT2D eigenvalue weighted by Gasteiger charge is 2.21. The molecule has 1 heterocycles. The maximum Gasteiger partial charge on any atom is 0.288 e. The molecule has 1 aromatic heterocycles. The molecule has 2 aromatic rings. The Morgan fingerprint density at radius 2 is 1.62 bits per heavy atom. The van der Waals surface area contributed by atoms with E-state index in [9.17, 15) is 9.59 Å². The highest BCUT2D eigenvalue weighted by molar-refractivity contribution is 6.69. The zero-order valence-electron chi connectivity index (χ0n) is 8.21. The molecular weight excluding hydrogens is 251 g/mol. The van der Waals surface area contributed by atoms with Gasteiger partial charge in [0.15, 0.2) is 11.5 Å². The fourth-order valence-corrected chi connectivity index (χ4v) is 1.83. The van der Waals surface area contributed by atoms with Gasteiger partial charge in [0.25, 0.3) is 10.5 Å².